The van der Waals surface area contributed by atoms with E-state index in [-0.39, 0.29) is 0 Å². The number of nitrogens with zero attached hydrogens (tertiary/aromatic N) is 5. The normalized spacial score (nSPS) is 12.2. The highest BCUT2D eigenvalue weighted by atomic mass is 15.0. The van der Waals surface area contributed by atoms with E-state index in [1.807, 2.05) is 48.5 Å². The zero-order valence-electron chi connectivity index (χ0n) is 36.7. The average Bonchev–Trinajstić information content (AvgIpc) is 3.91. The van der Waals surface area contributed by atoms with Gasteiger partial charge in [0.25, 0.3) is 0 Å². The zero-order chi connectivity index (χ0) is 44.7. The van der Waals surface area contributed by atoms with Gasteiger partial charge in [-0.25, -0.2) is 9.98 Å². The molecule has 0 bridgehead atoms. The number of aliphatic imine (C=N–C) groups is 3. The lowest BCUT2D eigenvalue weighted by molar-refractivity contribution is 1.06. The van der Waals surface area contributed by atoms with Crippen molar-refractivity contribution >= 4 is 72.8 Å². The van der Waals surface area contributed by atoms with E-state index >= 15 is 0 Å². The predicted molar refractivity (Wildman–Crippen MR) is 283 cm³/mol. The summed E-state index contributed by atoms with van der Waals surface area (Å²) >= 11 is 0. The van der Waals surface area contributed by atoms with Gasteiger partial charge < -0.3 is 9.13 Å². The first-order valence-electron chi connectivity index (χ1n) is 22.6. The Labute approximate surface area is 388 Å². The fourth-order valence-corrected chi connectivity index (χ4v) is 9.71. The number of rotatable bonds is 8. The van der Waals surface area contributed by atoms with Crippen molar-refractivity contribution in [1.29, 1.82) is 0 Å². The maximum absolute atomic E-state index is 4.98. The predicted octanol–water partition coefficient (Wildman–Crippen LogP) is 15.5. The fraction of sp³-hybridized carbons (Fsp3) is 0.0161. The van der Waals surface area contributed by atoms with Gasteiger partial charge in [0.15, 0.2) is 11.7 Å². The van der Waals surface area contributed by atoms with Gasteiger partial charge in [0.2, 0.25) is 0 Å². The number of amidine groups is 2. The topological polar surface area (TPSA) is 46.9 Å². The third-order valence-corrected chi connectivity index (χ3v) is 12.9. The van der Waals surface area contributed by atoms with Gasteiger partial charge in [0, 0.05) is 44.0 Å². The SMILES string of the molecule is C=NC(=NC(=NCc1ccccc1)c1ccccc1)c1ccc(-n2c3ccccc3c3cc(-c4ccc5c(c4)c4ccccc4n5-c4ccc(-c5cccc6ccccc56)cc4)ccc32)cc1. The first kappa shape index (κ1) is 39.6. The summed E-state index contributed by atoms with van der Waals surface area (Å²) in [6.45, 7) is 4.42. The van der Waals surface area contributed by atoms with E-state index in [1.54, 1.807) is 0 Å². The van der Waals surface area contributed by atoms with Crippen molar-refractivity contribution in [2.24, 2.45) is 15.0 Å². The van der Waals surface area contributed by atoms with Crippen LogP contribution in [0.25, 0.3) is 88.0 Å². The molecule has 0 amide bonds. The minimum atomic E-state index is 0.509. The molecule has 10 aromatic carbocycles. The molecule has 67 heavy (non-hydrogen) atoms. The molecule has 0 aliphatic rings. The molecule has 0 saturated heterocycles. The highest BCUT2D eigenvalue weighted by Gasteiger charge is 2.17. The summed E-state index contributed by atoms with van der Waals surface area (Å²) in [5.41, 5.74) is 14.5. The average molecular weight is 858 g/mol. The first-order chi connectivity index (χ1) is 33.2. The van der Waals surface area contributed by atoms with E-state index in [4.69, 9.17) is 9.98 Å². The third kappa shape index (κ3) is 7.20. The van der Waals surface area contributed by atoms with Gasteiger partial charge >= 0.3 is 0 Å². The van der Waals surface area contributed by atoms with Gasteiger partial charge in [0.1, 0.15) is 0 Å². The second kappa shape index (κ2) is 16.9. The molecule has 0 radical (unpaired) electrons. The summed E-state index contributed by atoms with van der Waals surface area (Å²) in [4.78, 5) is 14.3. The van der Waals surface area contributed by atoms with Gasteiger partial charge in [-0.1, -0.05) is 164 Å². The van der Waals surface area contributed by atoms with Crippen molar-refractivity contribution in [3.05, 3.63) is 253 Å². The van der Waals surface area contributed by atoms with Crippen LogP contribution in [0.4, 0.5) is 0 Å². The molecule has 0 unspecified atom stereocenters. The Kier molecular flexibility index (Phi) is 9.99. The van der Waals surface area contributed by atoms with Crippen molar-refractivity contribution in [2.75, 3.05) is 0 Å². The van der Waals surface area contributed by atoms with E-state index in [9.17, 15) is 0 Å². The lowest BCUT2D eigenvalue weighted by Crippen LogP contribution is -2.06. The van der Waals surface area contributed by atoms with Crippen molar-refractivity contribution in [3.8, 4) is 33.6 Å². The van der Waals surface area contributed by atoms with Crippen LogP contribution in [-0.2, 0) is 6.54 Å². The summed E-state index contributed by atoms with van der Waals surface area (Å²) in [5.74, 6) is 1.13. The molecule has 12 aromatic rings. The lowest BCUT2D eigenvalue weighted by atomic mass is 9.98. The Morgan fingerprint density at radius 1 is 0.373 bits per heavy atom. The van der Waals surface area contributed by atoms with E-state index < -0.39 is 0 Å². The smallest absolute Gasteiger partial charge is 0.161 e. The van der Waals surface area contributed by atoms with Gasteiger partial charge in [-0.15, -0.1) is 0 Å². The highest BCUT2D eigenvalue weighted by molar-refractivity contribution is 6.14. The standard InChI is InChI=1S/C62H43N5/c1-63-61(65-62(45-18-6-3-7-19-45)64-41-42-15-4-2-5-16-42)46-29-35-50(36-30-46)67-58-26-13-11-23-54(58)56-40-48(32-38-60(56)67)47-31-37-59-55(39-47)53-22-10-12-25-57(53)66(59)49-33-27-44(28-34-49)52-24-14-20-43-17-8-9-21-51(43)52/h2-40H,1,41H2. The Hall–Kier alpha value is -8.93. The van der Waals surface area contributed by atoms with E-state index in [2.05, 4.69) is 209 Å². The van der Waals surface area contributed by atoms with Crippen molar-refractivity contribution in [2.45, 2.75) is 6.54 Å². The maximum Gasteiger partial charge on any atom is 0.161 e. The number of aromatic nitrogens is 2. The molecular weight excluding hydrogens is 815 g/mol. The molecule has 316 valence electrons. The van der Waals surface area contributed by atoms with Crippen LogP contribution < -0.4 is 0 Å². The van der Waals surface area contributed by atoms with Crippen molar-refractivity contribution < 1.29 is 0 Å². The number of hydrogen-bond acceptors (Lipinski definition) is 1. The van der Waals surface area contributed by atoms with Crippen LogP contribution in [0.15, 0.2) is 252 Å². The van der Waals surface area contributed by atoms with Gasteiger partial charge in [0.05, 0.1) is 28.6 Å². The molecule has 0 atom stereocenters. The molecule has 0 fully saturated rings. The number of fused-ring (bicyclic) bond motifs is 7. The van der Waals surface area contributed by atoms with Gasteiger partial charge in [-0.3, -0.25) is 4.99 Å². The minimum absolute atomic E-state index is 0.509. The van der Waals surface area contributed by atoms with Crippen LogP contribution in [0.3, 0.4) is 0 Å². The maximum atomic E-state index is 4.98. The molecular formula is C62H43N5. The minimum Gasteiger partial charge on any atom is -0.309 e. The number of benzene rings is 10. The van der Waals surface area contributed by atoms with E-state index in [0.29, 0.717) is 18.2 Å². The molecule has 0 aliphatic heterocycles. The Balaban J connectivity index is 0.893. The van der Waals surface area contributed by atoms with Crippen LogP contribution in [-0.4, -0.2) is 27.5 Å². The molecule has 0 spiro atoms. The quantitative estimate of drug-likeness (QED) is 0.108. The van der Waals surface area contributed by atoms with E-state index in [0.717, 1.165) is 39.1 Å². The third-order valence-electron chi connectivity index (χ3n) is 12.9. The van der Waals surface area contributed by atoms with Gasteiger partial charge in [-0.05, 0) is 118 Å². The second-order valence-corrected chi connectivity index (χ2v) is 16.9. The Bertz CT molecular complexity index is 3870. The van der Waals surface area contributed by atoms with E-state index in [1.165, 1.54) is 65.6 Å². The summed E-state index contributed by atoms with van der Waals surface area (Å²) in [6, 6.07) is 84.0. The van der Waals surface area contributed by atoms with Crippen LogP contribution in [0.5, 0.6) is 0 Å². The van der Waals surface area contributed by atoms with Crippen molar-refractivity contribution in [3.63, 3.8) is 0 Å². The Morgan fingerprint density at radius 3 is 1.46 bits per heavy atom. The van der Waals surface area contributed by atoms with Crippen LogP contribution in [0, 0.1) is 0 Å². The van der Waals surface area contributed by atoms with Crippen LogP contribution >= 0.6 is 0 Å². The van der Waals surface area contributed by atoms with Crippen LogP contribution in [0.1, 0.15) is 16.7 Å². The molecule has 0 N–H and O–H groups in total. The molecule has 2 aromatic heterocycles. The molecule has 5 nitrogen and oxygen atoms in total. The summed E-state index contributed by atoms with van der Waals surface area (Å²) < 4.78 is 4.74. The largest absolute Gasteiger partial charge is 0.309 e. The molecule has 5 heteroatoms. The highest BCUT2D eigenvalue weighted by Crippen LogP contribution is 2.39. The molecule has 2 heterocycles. The monoisotopic (exact) mass is 857 g/mol. The van der Waals surface area contributed by atoms with Crippen LogP contribution in [0.2, 0.25) is 0 Å². The Morgan fingerprint density at radius 2 is 0.851 bits per heavy atom. The summed E-state index contributed by atoms with van der Waals surface area (Å²) in [7, 11) is 0. The van der Waals surface area contributed by atoms with Gasteiger partial charge in [-0.2, -0.15) is 0 Å². The fourth-order valence-electron chi connectivity index (χ4n) is 9.71. The molecule has 0 aliphatic carbocycles. The molecule has 12 rings (SSSR count). The van der Waals surface area contributed by atoms with Crippen molar-refractivity contribution in [1.82, 2.24) is 9.13 Å². The second-order valence-electron chi connectivity index (χ2n) is 16.9. The number of para-hydroxylation sites is 2. The lowest BCUT2D eigenvalue weighted by Gasteiger charge is -2.11. The summed E-state index contributed by atoms with van der Waals surface area (Å²) in [5, 5.41) is 7.37. The zero-order valence-corrected chi connectivity index (χ0v) is 36.7. The first-order valence-corrected chi connectivity index (χ1v) is 22.6. The molecule has 0 saturated carbocycles. The summed E-state index contributed by atoms with van der Waals surface area (Å²) in [6.07, 6.45) is 0. The number of hydrogen-bond donors (Lipinski definition) is 0.